The Kier molecular flexibility index (Phi) is 7.20. The Balaban J connectivity index is 2.24. The number of hydrogen-bond donors (Lipinski definition) is 2. The molecule has 0 aliphatic heterocycles. The third-order valence-electron chi connectivity index (χ3n) is 3.91. The maximum Gasteiger partial charge on any atom is 0.446 e. The van der Waals surface area contributed by atoms with Gasteiger partial charge in [-0.25, -0.2) is 8.42 Å². The van der Waals surface area contributed by atoms with Crippen molar-refractivity contribution in [2.45, 2.75) is 29.1 Å². The molecule has 1 amide bonds. The van der Waals surface area contributed by atoms with Gasteiger partial charge in [-0.15, -0.1) is 0 Å². The number of anilines is 1. The van der Waals surface area contributed by atoms with Crippen LogP contribution in [0.25, 0.3) is 0 Å². The van der Waals surface area contributed by atoms with E-state index in [0.29, 0.717) is 0 Å². The number of amides is 1. The summed E-state index contributed by atoms with van der Waals surface area (Å²) < 4.78 is 63.6. The van der Waals surface area contributed by atoms with E-state index in [1.165, 1.54) is 22.5 Å². The van der Waals surface area contributed by atoms with Crippen molar-refractivity contribution in [1.29, 1.82) is 0 Å². The second-order valence-electron chi connectivity index (χ2n) is 5.79. The van der Waals surface area contributed by atoms with Crippen LogP contribution in [0.2, 0.25) is 0 Å². The van der Waals surface area contributed by atoms with Crippen LogP contribution in [-0.2, 0) is 10.0 Å². The molecule has 2 aromatic carbocycles. The monoisotopic (exact) mass is 448 g/mol. The van der Waals surface area contributed by atoms with Gasteiger partial charge in [0.05, 0.1) is 10.6 Å². The Morgan fingerprint density at radius 3 is 2.21 bits per heavy atom. The van der Waals surface area contributed by atoms with E-state index in [4.69, 9.17) is 0 Å². The van der Waals surface area contributed by atoms with Gasteiger partial charge in [-0.05, 0) is 54.2 Å². The SMILES string of the molecule is CCN(CC)S(=O)(=O)c1ccc(O)c(NC(=O)c2ccc(SC(F)(F)F)cc2)c1. The number of nitrogens with zero attached hydrogens (tertiary/aromatic N) is 1. The number of carbonyl (C=O) groups is 1. The summed E-state index contributed by atoms with van der Waals surface area (Å²) >= 11 is -0.304. The molecule has 0 saturated carbocycles. The quantitative estimate of drug-likeness (QED) is 0.488. The normalized spacial score (nSPS) is 12.2. The highest BCUT2D eigenvalue weighted by Crippen LogP contribution is 2.36. The number of rotatable bonds is 7. The molecule has 0 heterocycles. The highest BCUT2D eigenvalue weighted by Gasteiger charge is 2.29. The Bertz CT molecular complexity index is 974. The van der Waals surface area contributed by atoms with Gasteiger partial charge in [0, 0.05) is 23.5 Å². The first-order valence-electron chi connectivity index (χ1n) is 8.48. The van der Waals surface area contributed by atoms with Crippen molar-refractivity contribution >= 4 is 33.4 Å². The topological polar surface area (TPSA) is 86.7 Å². The number of benzene rings is 2. The maximum absolute atomic E-state index is 12.6. The second kappa shape index (κ2) is 9.06. The fourth-order valence-corrected chi connectivity index (χ4v) is 4.51. The van der Waals surface area contributed by atoms with Crippen LogP contribution in [0.15, 0.2) is 52.3 Å². The third-order valence-corrected chi connectivity index (χ3v) is 6.69. The van der Waals surface area contributed by atoms with E-state index in [1.807, 2.05) is 0 Å². The first kappa shape index (κ1) is 23.0. The summed E-state index contributed by atoms with van der Waals surface area (Å²) in [6, 6.07) is 8.21. The zero-order valence-electron chi connectivity index (χ0n) is 15.5. The molecule has 2 aromatic rings. The Labute approximate surface area is 170 Å². The number of alkyl halides is 3. The van der Waals surface area contributed by atoms with Gasteiger partial charge in [-0.2, -0.15) is 17.5 Å². The molecule has 0 radical (unpaired) electrons. The number of halogens is 3. The third kappa shape index (κ3) is 5.87. The average Bonchev–Trinajstić information content (AvgIpc) is 2.63. The largest absolute Gasteiger partial charge is 0.506 e. The summed E-state index contributed by atoms with van der Waals surface area (Å²) in [7, 11) is -3.80. The van der Waals surface area contributed by atoms with Gasteiger partial charge in [0.1, 0.15) is 5.75 Å². The second-order valence-corrected chi connectivity index (χ2v) is 8.87. The predicted molar refractivity (Wildman–Crippen MR) is 105 cm³/mol. The molecule has 0 aliphatic carbocycles. The van der Waals surface area contributed by atoms with Gasteiger partial charge in [-0.3, -0.25) is 4.79 Å². The van der Waals surface area contributed by atoms with Gasteiger partial charge in [0.15, 0.2) is 0 Å². The fraction of sp³-hybridized carbons (Fsp3) is 0.278. The predicted octanol–water partition coefficient (Wildman–Crippen LogP) is 4.29. The molecule has 0 bridgehead atoms. The van der Waals surface area contributed by atoms with Crippen molar-refractivity contribution in [3.05, 3.63) is 48.0 Å². The number of aromatic hydroxyl groups is 1. The zero-order chi connectivity index (χ0) is 21.8. The van der Waals surface area contributed by atoms with E-state index >= 15 is 0 Å². The average molecular weight is 448 g/mol. The molecule has 2 N–H and O–H groups in total. The molecule has 0 fully saturated rings. The molecular weight excluding hydrogens is 429 g/mol. The van der Waals surface area contributed by atoms with Gasteiger partial charge in [0.25, 0.3) is 5.91 Å². The van der Waals surface area contributed by atoms with Gasteiger partial charge >= 0.3 is 5.51 Å². The lowest BCUT2D eigenvalue weighted by Crippen LogP contribution is -2.30. The number of phenols is 1. The summed E-state index contributed by atoms with van der Waals surface area (Å²) in [5.41, 5.74) is -4.52. The smallest absolute Gasteiger partial charge is 0.446 e. The number of phenolic OH excluding ortho intramolecular Hbond substituents is 1. The van der Waals surface area contributed by atoms with Crippen molar-refractivity contribution in [3.8, 4) is 5.75 Å². The first-order chi connectivity index (χ1) is 13.5. The van der Waals surface area contributed by atoms with E-state index in [1.54, 1.807) is 13.8 Å². The maximum atomic E-state index is 12.6. The zero-order valence-corrected chi connectivity index (χ0v) is 17.2. The lowest BCUT2D eigenvalue weighted by Gasteiger charge is -2.19. The van der Waals surface area contributed by atoms with E-state index in [9.17, 15) is 31.5 Å². The summed E-state index contributed by atoms with van der Waals surface area (Å²) in [5, 5.41) is 12.4. The molecule has 0 aliphatic rings. The van der Waals surface area contributed by atoms with Crippen LogP contribution in [0.3, 0.4) is 0 Å². The van der Waals surface area contributed by atoms with Crippen LogP contribution in [0, 0.1) is 0 Å². The van der Waals surface area contributed by atoms with Gasteiger partial charge in [0.2, 0.25) is 10.0 Å². The van der Waals surface area contributed by atoms with E-state index < -0.39 is 21.4 Å². The summed E-state index contributed by atoms with van der Waals surface area (Å²) in [6.07, 6.45) is 0. The van der Waals surface area contributed by atoms with E-state index in [0.717, 1.165) is 24.3 Å². The number of carbonyl (C=O) groups excluding carboxylic acids is 1. The molecule has 158 valence electrons. The molecule has 29 heavy (non-hydrogen) atoms. The molecular formula is C18H19F3N2O4S2. The minimum Gasteiger partial charge on any atom is -0.506 e. The lowest BCUT2D eigenvalue weighted by atomic mass is 10.2. The summed E-state index contributed by atoms with van der Waals surface area (Å²) in [6.45, 7) is 3.88. The molecule has 0 saturated heterocycles. The standard InChI is InChI=1S/C18H19F3N2O4S2/c1-3-23(4-2)29(26,27)14-9-10-16(24)15(11-14)22-17(25)12-5-7-13(8-6-12)28-18(19,20)21/h5-11,24H,3-4H2,1-2H3,(H,22,25). The van der Waals surface area contributed by atoms with Crippen molar-refractivity contribution in [2.75, 3.05) is 18.4 Å². The van der Waals surface area contributed by atoms with Crippen molar-refractivity contribution in [3.63, 3.8) is 0 Å². The summed E-state index contributed by atoms with van der Waals surface area (Å²) in [5.74, 6) is -1.05. The van der Waals surface area contributed by atoms with Crippen LogP contribution in [0.4, 0.5) is 18.9 Å². The molecule has 0 unspecified atom stereocenters. The molecule has 0 atom stereocenters. The van der Waals surface area contributed by atoms with Crippen molar-refractivity contribution in [2.24, 2.45) is 0 Å². The van der Waals surface area contributed by atoms with Crippen LogP contribution in [0.5, 0.6) is 5.75 Å². The van der Waals surface area contributed by atoms with Crippen molar-refractivity contribution < 1.29 is 31.5 Å². The lowest BCUT2D eigenvalue weighted by molar-refractivity contribution is -0.0328. The highest BCUT2D eigenvalue weighted by molar-refractivity contribution is 8.00. The highest BCUT2D eigenvalue weighted by atomic mass is 32.2. The van der Waals surface area contributed by atoms with E-state index in [-0.39, 0.29) is 51.6 Å². The Morgan fingerprint density at radius 2 is 1.69 bits per heavy atom. The Hall–Kier alpha value is -2.24. The fourth-order valence-electron chi connectivity index (χ4n) is 2.49. The minimum absolute atomic E-state index is 0.0490. The molecule has 11 heteroatoms. The number of hydrogen-bond acceptors (Lipinski definition) is 5. The molecule has 0 spiro atoms. The number of nitrogens with one attached hydrogen (secondary N) is 1. The van der Waals surface area contributed by atoms with Crippen molar-refractivity contribution in [1.82, 2.24) is 4.31 Å². The van der Waals surface area contributed by atoms with Crippen LogP contribution in [0.1, 0.15) is 24.2 Å². The van der Waals surface area contributed by atoms with Crippen LogP contribution >= 0.6 is 11.8 Å². The van der Waals surface area contributed by atoms with Gasteiger partial charge in [-0.1, -0.05) is 13.8 Å². The number of sulfonamides is 1. The first-order valence-corrected chi connectivity index (χ1v) is 10.7. The van der Waals surface area contributed by atoms with Crippen LogP contribution in [-0.4, -0.2) is 42.3 Å². The number of thioether (sulfide) groups is 1. The minimum atomic E-state index is -4.44. The van der Waals surface area contributed by atoms with Crippen LogP contribution < -0.4 is 5.32 Å². The summed E-state index contributed by atoms with van der Waals surface area (Å²) in [4.78, 5) is 12.2. The molecule has 6 nitrogen and oxygen atoms in total. The van der Waals surface area contributed by atoms with E-state index in [2.05, 4.69) is 5.32 Å². The molecule has 2 rings (SSSR count). The molecule has 0 aromatic heterocycles. The Morgan fingerprint density at radius 1 is 1.10 bits per heavy atom. The van der Waals surface area contributed by atoms with Gasteiger partial charge < -0.3 is 10.4 Å².